The van der Waals surface area contributed by atoms with Crippen molar-refractivity contribution in [3.63, 3.8) is 0 Å². The lowest BCUT2D eigenvalue weighted by molar-refractivity contribution is 0.986. The van der Waals surface area contributed by atoms with Gasteiger partial charge in [-0.3, -0.25) is 9.59 Å². The van der Waals surface area contributed by atoms with Crippen molar-refractivity contribution in [2.75, 3.05) is 11.4 Å². The minimum Gasteiger partial charge on any atom is -0.337 e. The number of anilines is 2. The van der Waals surface area contributed by atoms with Gasteiger partial charge in [-0.1, -0.05) is 30.3 Å². The van der Waals surface area contributed by atoms with Gasteiger partial charge in [-0.15, -0.1) is 0 Å². The Hall–Kier alpha value is -2.68. The predicted octanol–water partition coefficient (Wildman–Crippen LogP) is 3.57. The van der Waals surface area contributed by atoms with E-state index >= 15 is 0 Å². The number of rotatable bonds is 2. The molecule has 0 saturated heterocycles. The quantitative estimate of drug-likeness (QED) is 0.678. The van der Waals surface area contributed by atoms with E-state index in [1.807, 2.05) is 43.0 Å². The molecule has 0 saturated carbocycles. The van der Waals surface area contributed by atoms with Gasteiger partial charge in [0.25, 0.3) is 5.43 Å². The number of fused-ring (bicyclic) bond motifs is 1. The Morgan fingerprint density at radius 1 is 0.875 bits per heavy atom. The van der Waals surface area contributed by atoms with E-state index in [-0.39, 0.29) is 10.9 Å². The van der Waals surface area contributed by atoms with Crippen LogP contribution in [-0.4, -0.2) is 6.54 Å². The summed E-state index contributed by atoms with van der Waals surface area (Å²) in [5, 5.41) is 0. The Morgan fingerprint density at radius 2 is 1.58 bits per heavy atom. The molecule has 3 aromatic carbocycles. The summed E-state index contributed by atoms with van der Waals surface area (Å²) in [5.41, 5.74) is 6.97. The van der Waals surface area contributed by atoms with E-state index < -0.39 is 0 Å². The molecule has 0 atom stereocenters. The first-order valence-corrected chi connectivity index (χ1v) is 8.26. The average Bonchev–Trinajstić information content (AvgIpc) is 2.99. The Balaban J connectivity index is 1.90. The summed E-state index contributed by atoms with van der Waals surface area (Å²) in [4.78, 5) is 26.7. The van der Waals surface area contributed by atoms with E-state index in [9.17, 15) is 9.59 Å². The van der Waals surface area contributed by atoms with Crippen molar-refractivity contribution in [3.05, 3.63) is 79.1 Å². The highest BCUT2D eigenvalue weighted by Gasteiger charge is 2.31. The van der Waals surface area contributed by atoms with Crippen LogP contribution >= 0.6 is 0 Å². The second kappa shape index (κ2) is 5.17. The zero-order valence-corrected chi connectivity index (χ0v) is 14.1. The molecule has 120 valence electrons. The fourth-order valence-corrected chi connectivity index (χ4v) is 3.69. The summed E-state index contributed by atoms with van der Waals surface area (Å²) in [6.07, 6.45) is 0.903. The van der Waals surface area contributed by atoms with Gasteiger partial charge in [0.2, 0.25) is 5.43 Å². The summed E-state index contributed by atoms with van der Waals surface area (Å²) < 4.78 is 0. The second-order valence-electron chi connectivity index (χ2n) is 6.66. The Bertz CT molecular complexity index is 1040. The number of benzene rings is 2. The molecule has 4 rings (SSSR count). The third-order valence-electron chi connectivity index (χ3n) is 5.15. The monoisotopic (exact) mass is 317 g/mol. The highest BCUT2D eigenvalue weighted by Crippen LogP contribution is 2.38. The van der Waals surface area contributed by atoms with Gasteiger partial charge in [0.1, 0.15) is 5.69 Å². The van der Waals surface area contributed by atoms with E-state index in [1.54, 1.807) is 0 Å². The number of aryl methyl sites for hydroxylation is 3. The van der Waals surface area contributed by atoms with Gasteiger partial charge in [-0.2, -0.15) is 0 Å². The van der Waals surface area contributed by atoms with E-state index in [1.165, 1.54) is 11.1 Å². The van der Waals surface area contributed by atoms with Crippen LogP contribution in [-0.2, 0) is 6.42 Å². The van der Waals surface area contributed by atoms with Crippen molar-refractivity contribution in [1.29, 1.82) is 0 Å². The number of para-hydroxylation sites is 1. The number of hydrogen-bond acceptors (Lipinski definition) is 3. The van der Waals surface area contributed by atoms with Gasteiger partial charge >= 0.3 is 0 Å². The van der Waals surface area contributed by atoms with Gasteiger partial charge < -0.3 is 4.90 Å². The van der Waals surface area contributed by atoms with Crippen molar-refractivity contribution in [1.82, 2.24) is 0 Å². The van der Waals surface area contributed by atoms with Crippen molar-refractivity contribution >= 4 is 11.4 Å². The topological polar surface area (TPSA) is 37.4 Å². The summed E-state index contributed by atoms with van der Waals surface area (Å²) in [6, 6.07) is 12.2. The summed E-state index contributed by atoms with van der Waals surface area (Å²) in [7, 11) is 0. The molecule has 0 amide bonds. The zero-order valence-electron chi connectivity index (χ0n) is 14.1. The normalized spacial score (nSPS) is 13.5. The van der Waals surface area contributed by atoms with Crippen LogP contribution in [0.2, 0.25) is 0 Å². The van der Waals surface area contributed by atoms with E-state index in [0.29, 0.717) is 11.3 Å². The molecule has 1 heterocycles. The molecule has 0 aromatic heterocycles. The van der Waals surface area contributed by atoms with Crippen molar-refractivity contribution < 1.29 is 0 Å². The third kappa shape index (κ3) is 1.97. The van der Waals surface area contributed by atoms with Gasteiger partial charge in [-0.05, 0) is 61.1 Å². The highest BCUT2D eigenvalue weighted by atomic mass is 16.2. The van der Waals surface area contributed by atoms with E-state index in [0.717, 1.165) is 35.3 Å². The second-order valence-corrected chi connectivity index (χ2v) is 6.66. The molecule has 3 aromatic rings. The molecule has 0 N–H and O–H groups in total. The first-order chi connectivity index (χ1) is 11.5. The van der Waals surface area contributed by atoms with Crippen LogP contribution < -0.4 is 15.8 Å². The smallest absolute Gasteiger partial charge is 0.250 e. The zero-order chi connectivity index (χ0) is 17.0. The fourth-order valence-electron chi connectivity index (χ4n) is 3.69. The molecule has 24 heavy (non-hydrogen) atoms. The van der Waals surface area contributed by atoms with Crippen molar-refractivity contribution in [2.45, 2.75) is 27.2 Å². The van der Waals surface area contributed by atoms with Crippen molar-refractivity contribution in [2.24, 2.45) is 0 Å². The largest absolute Gasteiger partial charge is 0.337 e. The SMILES string of the molecule is Cc1cc(C)c(-c2c(N3CCc4ccccc43)c(=O)c2=O)cc1C. The third-order valence-corrected chi connectivity index (χ3v) is 5.15. The van der Waals surface area contributed by atoms with Crippen LogP contribution in [0, 0.1) is 20.8 Å². The maximum atomic E-state index is 12.4. The van der Waals surface area contributed by atoms with Crippen LogP contribution in [0.1, 0.15) is 22.3 Å². The Morgan fingerprint density at radius 3 is 2.38 bits per heavy atom. The lowest BCUT2D eigenvalue weighted by Crippen LogP contribution is -2.39. The molecule has 0 fully saturated rings. The van der Waals surface area contributed by atoms with Crippen LogP contribution in [0.5, 0.6) is 0 Å². The van der Waals surface area contributed by atoms with Crippen molar-refractivity contribution in [3.8, 4) is 11.1 Å². The van der Waals surface area contributed by atoms with E-state index in [4.69, 9.17) is 0 Å². The fraction of sp³-hybridized carbons (Fsp3) is 0.238. The molecule has 0 bridgehead atoms. The number of hydrogen-bond donors (Lipinski definition) is 0. The lowest BCUT2D eigenvalue weighted by Gasteiger charge is -2.24. The van der Waals surface area contributed by atoms with Crippen LogP contribution in [0.15, 0.2) is 46.0 Å². The lowest BCUT2D eigenvalue weighted by atomic mass is 9.91. The summed E-state index contributed by atoms with van der Waals surface area (Å²) >= 11 is 0. The first kappa shape index (κ1) is 14.9. The first-order valence-electron chi connectivity index (χ1n) is 8.26. The van der Waals surface area contributed by atoms with Gasteiger partial charge in [-0.25, -0.2) is 0 Å². The molecule has 1 aliphatic heterocycles. The molecule has 3 nitrogen and oxygen atoms in total. The maximum Gasteiger partial charge on any atom is 0.250 e. The van der Waals surface area contributed by atoms with Gasteiger partial charge in [0, 0.05) is 12.2 Å². The molecule has 3 heteroatoms. The van der Waals surface area contributed by atoms with Crippen LogP contribution in [0.4, 0.5) is 11.4 Å². The molecule has 0 aliphatic carbocycles. The molecular formula is C21H19NO2. The number of nitrogens with zero attached hydrogens (tertiary/aromatic N) is 1. The molecule has 0 radical (unpaired) electrons. The minimum atomic E-state index is -0.362. The van der Waals surface area contributed by atoms with Crippen LogP contribution in [0.25, 0.3) is 11.1 Å². The molecule has 0 unspecified atom stereocenters. The molecular weight excluding hydrogens is 298 g/mol. The molecule has 0 spiro atoms. The summed E-state index contributed by atoms with van der Waals surface area (Å²) in [6.45, 7) is 6.85. The molecule has 1 aliphatic rings. The van der Waals surface area contributed by atoms with Gasteiger partial charge in [0.15, 0.2) is 0 Å². The van der Waals surface area contributed by atoms with Gasteiger partial charge in [0.05, 0.1) is 5.56 Å². The minimum absolute atomic E-state index is 0.360. The predicted molar refractivity (Wildman–Crippen MR) is 98.2 cm³/mol. The Kier molecular flexibility index (Phi) is 3.20. The average molecular weight is 317 g/mol. The standard InChI is InChI=1S/C21H19NO2/c1-12-10-14(3)16(11-13(12)2)18-19(21(24)20(18)23)22-9-8-15-6-4-5-7-17(15)22/h4-7,10-11H,8-9H2,1-3H3. The maximum absolute atomic E-state index is 12.4. The van der Waals surface area contributed by atoms with Crippen LogP contribution in [0.3, 0.4) is 0 Å². The summed E-state index contributed by atoms with van der Waals surface area (Å²) in [5.74, 6) is 0. The Labute approximate surface area is 140 Å². The highest BCUT2D eigenvalue weighted by molar-refractivity contribution is 5.89. The van der Waals surface area contributed by atoms with E-state index in [2.05, 4.69) is 19.1 Å².